The average molecular weight is 486 g/mol. The fourth-order valence-corrected chi connectivity index (χ4v) is 3.69. The molecular weight excluding hydrogens is 467 g/mol. The van der Waals surface area contributed by atoms with Gasteiger partial charge in [-0.25, -0.2) is 4.98 Å². The van der Waals surface area contributed by atoms with Gasteiger partial charge in [-0.05, 0) is 59.0 Å². The Morgan fingerprint density at radius 2 is 1.68 bits per heavy atom. The van der Waals surface area contributed by atoms with Crippen LogP contribution in [-0.2, 0) is 0 Å². The Balaban J connectivity index is 1.36. The van der Waals surface area contributed by atoms with Gasteiger partial charge in [-0.3, -0.25) is 4.79 Å². The van der Waals surface area contributed by atoms with Crippen LogP contribution in [0, 0.1) is 3.57 Å². The quantitative estimate of drug-likeness (QED) is 0.572. The molecule has 1 N–H and O–H groups in total. The number of nitrogens with zero attached hydrogens (tertiary/aromatic N) is 5. The first-order valence-electron chi connectivity index (χ1n) is 9.01. The molecule has 3 heterocycles. The van der Waals surface area contributed by atoms with Crippen LogP contribution >= 0.6 is 22.6 Å². The van der Waals surface area contributed by atoms with Crippen molar-refractivity contribution in [3.05, 3.63) is 69.9 Å². The Bertz CT molecular complexity index is 942. The van der Waals surface area contributed by atoms with E-state index in [2.05, 4.69) is 48.0 Å². The van der Waals surface area contributed by atoms with E-state index in [-0.39, 0.29) is 5.91 Å². The summed E-state index contributed by atoms with van der Waals surface area (Å²) < 4.78 is 0.981. The van der Waals surface area contributed by atoms with Crippen molar-refractivity contribution >= 4 is 46.0 Å². The van der Waals surface area contributed by atoms with Crippen molar-refractivity contribution in [2.45, 2.75) is 0 Å². The van der Waals surface area contributed by atoms with Gasteiger partial charge in [0.2, 0.25) is 0 Å². The van der Waals surface area contributed by atoms with E-state index < -0.39 is 0 Å². The van der Waals surface area contributed by atoms with E-state index in [0.29, 0.717) is 18.9 Å². The van der Waals surface area contributed by atoms with Gasteiger partial charge in [-0.2, -0.15) is 0 Å². The highest BCUT2D eigenvalue weighted by molar-refractivity contribution is 14.1. The molecule has 1 saturated heterocycles. The molecule has 1 aromatic carbocycles. The van der Waals surface area contributed by atoms with Gasteiger partial charge in [-0.15, -0.1) is 10.2 Å². The minimum Gasteiger partial charge on any atom is -0.352 e. The first-order valence-corrected chi connectivity index (χ1v) is 10.1. The molecule has 2 aromatic heterocycles. The number of amides is 1. The van der Waals surface area contributed by atoms with Crippen LogP contribution in [0.15, 0.2) is 60.8 Å². The maximum Gasteiger partial charge on any atom is 0.255 e. The van der Waals surface area contributed by atoms with Gasteiger partial charge in [0.25, 0.3) is 5.91 Å². The molecule has 28 heavy (non-hydrogen) atoms. The maximum atomic E-state index is 12.7. The summed E-state index contributed by atoms with van der Waals surface area (Å²) in [7, 11) is 0. The van der Waals surface area contributed by atoms with E-state index in [0.717, 1.165) is 33.9 Å². The molecule has 3 aromatic rings. The second-order valence-electron chi connectivity index (χ2n) is 6.38. The monoisotopic (exact) mass is 486 g/mol. The lowest BCUT2D eigenvalue weighted by Gasteiger charge is -2.35. The summed E-state index contributed by atoms with van der Waals surface area (Å²) in [5.41, 5.74) is 0.765. The Morgan fingerprint density at radius 3 is 2.36 bits per heavy atom. The number of hydrogen-bond donors (Lipinski definition) is 1. The molecule has 1 aliphatic heterocycles. The van der Waals surface area contributed by atoms with Gasteiger partial charge in [-0.1, -0.05) is 18.2 Å². The molecule has 0 bridgehead atoms. The molecule has 0 radical (unpaired) electrons. The zero-order valence-corrected chi connectivity index (χ0v) is 17.3. The Morgan fingerprint density at radius 1 is 0.893 bits per heavy atom. The molecule has 0 unspecified atom stereocenters. The van der Waals surface area contributed by atoms with Crippen molar-refractivity contribution in [3.8, 4) is 0 Å². The molecule has 7 nitrogen and oxygen atoms in total. The van der Waals surface area contributed by atoms with Crippen molar-refractivity contribution in [2.24, 2.45) is 0 Å². The van der Waals surface area contributed by atoms with Crippen LogP contribution in [0.1, 0.15) is 10.4 Å². The van der Waals surface area contributed by atoms with Gasteiger partial charge < -0.3 is 15.1 Å². The fraction of sp³-hybridized carbons (Fsp3) is 0.200. The van der Waals surface area contributed by atoms with Crippen LogP contribution in [0.5, 0.6) is 0 Å². The number of carbonyl (C=O) groups is 1. The van der Waals surface area contributed by atoms with Crippen molar-refractivity contribution < 1.29 is 4.79 Å². The fourth-order valence-electron chi connectivity index (χ4n) is 3.07. The van der Waals surface area contributed by atoms with Crippen molar-refractivity contribution in [1.29, 1.82) is 0 Å². The standard InChI is InChI=1S/C20H19IN6O/c21-16-6-2-1-5-15(16)20(28)27-13-11-26(12-14-27)19-9-8-18(24-25-19)23-17-7-3-4-10-22-17/h1-10H,11-14H2,(H,22,23,24). The highest BCUT2D eigenvalue weighted by atomic mass is 127. The molecule has 1 amide bonds. The zero-order valence-electron chi connectivity index (χ0n) is 15.1. The number of halogens is 1. The van der Waals surface area contributed by atoms with Crippen molar-refractivity contribution in [3.63, 3.8) is 0 Å². The van der Waals surface area contributed by atoms with Crippen LogP contribution < -0.4 is 10.2 Å². The summed E-state index contributed by atoms with van der Waals surface area (Å²) >= 11 is 2.21. The third-order valence-electron chi connectivity index (χ3n) is 4.57. The predicted molar refractivity (Wildman–Crippen MR) is 117 cm³/mol. The van der Waals surface area contributed by atoms with Gasteiger partial charge in [0.15, 0.2) is 11.6 Å². The van der Waals surface area contributed by atoms with E-state index in [1.54, 1.807) is 6.20 Å². The molecule has 0 aliphatic carbocycles. The summed E-state index contributed by atoms with van der Waals surface area (Å²) in [4.78, 5) is 21.0. The summed E-state index contributed by atoms with van der Waals surface area (Å²) in [5, 5.41) is 11.7. The second kappa shape index (κ2) is 8.51. The first-order chi connectivity index (χ1) is 13.7. The first kappa shape index (κ1) is 18.6. The SMILES string of the molecule is O=C(c1ccccc1I)N1CCN(c2ccc(Nc3ccccn3)nn2)CC1. The number of piperazine rings is 1. The summed E-state index contributed by atoms with van der Waals surface area (Å²) in [6, 6.07) is 17.2. The minimum absolute atomic E-state index is 0.0886. The van der Waals surface area contributed by atoms with Crippen LogP contribution in [0.2, 0.25) is 0 Å². The minimum atomic E-state index is 0.0886. The highest BCUT2D eigenvalue weighted by Crippen LogP contribution is 2.19. The van der Waals surface area contributed by atoms with Crippen LogP contribution in [0.25, 0.3) is 0 Å². The molecule has 0 atom stereocenters. The number of benzene rings is 1. The number of nitrogens with one attached hydrogen (secondary N) is 1. The number of carbonyl (C=O) groups excluding carboxylic acids is 1. The third-order valence-corrected chi connectivity index (χ3v) is 5.51. The number of rotatable bonds is 4. The van der Waals surface area contributed by atoms with Crippen LogP contribution in [0.4, 0.5) is 17.5 Å². The van der Waals surface area contributed by atoms with E-state index in [1.807, 2.05) is 59.5 Å². The topological polar surface area (TPSA) is 74.2 Å². The lowest BCUT2D eigenvalue weighted by Crippen LogP contribution is -2.49. The van der Waals surface area contributed by atoms with Crippen molar-refractivity contribution in [1.82, 2.24) is 20.1 Å². The largest absolute Gasteiger partial charge is 0.352 e. The van der Waals surface area contributed by atoms with E-state index in [1.165, 1.54) is 0 Å². The maximum absolute atomic E-state index is 12.7. The molecule has 0 spiro atoms. The average Bonchev–Trinajstić information content (AvgIpc) is 2.75. The van der Waals surface area contributed by atoms with Gasteiger partial charge >= 0.3 is 0 Å². The Labute approximate surface area is 176 Å². The van der Waals surface area contributed by atoms with Gasteiger partial charge in [0.05, 0.1) is 5.56 Å². The predicted octanol–water partition coefficient (Wildman–Crippen LogP) is 3.18. The molecule has 8 heteroatoms. The number of anilines is 3. The van der Waals surface area contributed by atoms with Crippen LogP contribution in [-0.4, -0.2) is 52.2 Å². The number of pyridine rings is 1. The molecule has 142 valence electrons. The van der Waals surface area contributed by atoms with Gasteiger partial charge in [0.1, 0.15) is 5.82 Å². The van der Waals surface area contributed by atoms with Crippen LogP contribution in [0.3, 0.4) is 0 Å². The summed E-state index contributed by atoms with van der Waals surface area (Å²) in [6.07, 6.45) is 1.72. The van der Waals surface area contributed by atoms with E-state index in [4.69, 9.17) is 0 Å². The zero-order chi connectivity index (χ0) is 19.3. The third kappa shape index (κ3) is 4.22. The van der Waals surface area contributed by atoms with E-state index in [9.17, 15) is 4.79 Å². The van der Waals surface area contributed by atoms with Gasteiger partial charge in [0, 0.05) is 35.9 Å². The number of aromatic nitrogens is 3. The molecule has 1 aliphatic rings. The summed E-state index contributed by atoms with van der Waals surface area (Å²) in [6.45, 7) is 2.80. The lowest BCUT2D eigenvalue weighted by atomic mass is 10.2. The Kier molecular flexibility index (Phi) is 5.65. The smallest absolute Gasteiger partial charge is 0.255 e. The lowest BCUT2D eigenvalue weighted by molar-refractivity contribution is 0.0745. The second-order valence-corrected chi connectivity index (χ2v) is 7.54. The molecule has 0 saturated carbocycles. The normalized spacial score (nSPS) is 14.0. The molecule has 1 fully saturated rings. The highest BCUT2D eigenvalue weighted by Gasteiger charge is 2.24. The summed E-state index contributed by atoms with van der Waals surface area (Å²) in [5.74, 6) is 2.28. The molecular formula is C20H19IN6O. The number of hydrogen-bond acceptors (Lipinski definition) is 6. The van der Waals surface area contributed by atoms with E-state index >= 15 is 0 Å². The Hall–Kier alpha value is -2.75. The van der Waals surface area contributed by atoms with Crippen molar-refractivity contribution in [2.75, 3.05) is 36.4 Å². The molecule has 4 rings (SSSR count).